The minimum absolute atomic E-state index is 0.133. The molecule has 0 aliphatic rings. The lowest BCUT2D eigenvalue weighted by Crippen LogP contribution is -2.18. The number of rotatable bonds is 3. The zero-order valence-electron chi connectivity index (χ0n) is 8.16. The van der Waals surface area contributed by atoms with Gasteiger partial charge in [-0.25, -0.2) is 4.79 Å². The van der Waals surface area contributed by atoms with Crippen molar-refractivity contribution in [3.63, 3.8) is 0 Å². The molecular weight excluding hydrogens is 214 g/mol. The van der Waals surface area contributed by atoms with E-state index in [9.17, 15) is 4.79 Å². The molecule has 5 heteroatoms. The van der Waals surface area contributed by atoms with Gasteiger partial charge < -0.3 is 10.7 Å². The van der Waals surface area contributed by atoms with E-state index >= 15 is 0 Å². The molecule has 0 saturated heterocycles. The lowest BCUT2D eigenvalue weighted by Gasteiger charge is -2.02. The lowest BCUT2D eigenvalue weighted by atomic mass is 10.3. The van der Waals surface area contributed by atoms with Crippen molar-refractivity contribution in [2.75, 3.05) is 6.54 Å². The molecular formula is C10H12ClN3O. The van der Waals surface area contributed by atoms with Crippen LogP contribution in [0.4, 0.5) is 0 Å². The molecule has 0 unspecified atom stereocenters. The van der Waals surface area contributed by atoms with Crippen LogP contribution in [0.3, 0.4) is 0 Å². The van der Waals surface area contributed by atoms with Gasteiger partial charge in [-0.15, -0.1) is 0 Å². The molecule has 1 aromatic heterocycles. The molecule has 0 aliphatic carbocycles. The van der Waals surface area contributed by atoms with Crippen LogP contribution in [0.1, 0.15) is 6.42 Å². The van der Waals surface area contributed by atoms with Crippen molar-refractivity contribution in [1.82, 2.24) is 9.55 Å². The molecule has 15 heavy (non-hydrogen) atoms. The second-order valence-corrected chi connectivity index (χ2v) is 3.77. The SMILES string of the molecule is NCCCn1c(=O)[nH]c2cccc(Cl)c21. The number of aromatic nitrogens is 2. The van der Waals surface area contributed by atoms with Crippen LogP contribution >= 0.6 is 11.6 Å². The van der Waals surface area contributed by atoms with Gasteiger partial charge >= 0.3 is 5.69 Å². The molecule has 1 heterocycles. The van der Waals surface area contributed by atoms with E-state index in [-0.39, 0.29) is 5.69 Å². The molecule has 0 aliphatic heterocycles. The third kappa shape index (κ3) is 1.78. The van der Waals surface area contributed by atoms with Crippen molar-refractivity contribution >= 4 is 22.6 Å². The number of aryl methyl sites for hydroxylation is 1. The molecule has 0 spiro atoms. The predicted octanol–water partition coefficient (Wildman–Crippen LogP) is 1.33. The van der Waals surface area contributed by atoms with Crippen LogP contribution < -0.4 is 11.4 Å². The third-order valence-corrected chi connectivity index (χ3v) is 2.63. The first-order valence-electron chi connectivity index (χ1n) is 4.81. The van der Waals surface area contributed by atoms with Gasteiger partial charge in [0.05, 0.1) is 16.1 Å². The van der Waals surface area contributed by atoms with E-state index in [0.29, 0.717) is 18.1 Å². The Morgan fingerprint density at radius 3 is 3.00 bits per heavy atom. The Bertz CT molecular complexity index is 529. The maximum atomic E-state index is 11.6. The standard InChI is InChI=1S/C10H12ClN3O/c11-7-3-1-4-8-9(7)14(6-2-5-12)10(15)13-8/h1,3-4H,2,5-6,12H2,(H,13,15). The fourth-order valence-electron chi connectivity index (χ4n) is 1.64. The first kappa shape index (κ1) is 10.3. The summed E-state index contributed by atoms with van der Waals surface area (Å²) in [6.45, 7) is 1.16. The number of para-hydroxylation sites is 1. The van der Waals surface area contributed by atoms with Gasteiger partial charge in [0.15, 0.2) is 0 Å². The molecule has 0 fully saturated rings. The number of nitrogens with zero attached hydrogens (tertiary/aromatic N) is 1. The monoisotopic (exact) mass is 225 g/mol. The van der Waals surface area contributed by atoms with Crippen LogP contribution in [0.25, 0.3) is 11.0 Å². The molecule has 0 saturated carbocycles. The van der Waals surface area contributed by atoms with Crippen LogP contribution in [0.2, 0.25) is 5.02 Å². The van der Waals surface area contributed by atoms with E-state index in [1.165, 1.54) is 0 Å². The van der Waals surface area contributed by atoms with Gasteiger partial charge in [0.2, 0.25) is 0 Å². The first-order chi connectivity index (χ1) is 7.24. The molecule has 2 aromatic rings. The van der Waals surface area contributed by atoms with E-state index in [4.69, 9.17) is 17.3 Å². The van der Waals surface area contributed by atoms with Crippen LogP contribution in [0, 0.1) is 0 Å². The highest BCUT2D eigenvalue weighted by Gasteiger charge is 2.08. The van der Waals surface area contributed by atoms with Gasteiger partial charge in [-0.1, -0.05) is 17.7 Å². The number of benzene rings is 1. The van der Waals surface area contributed by atoms with E-state index < -0.39 is 0 Å². The Morgan fingerprint density at radius 1 is 1.47 bits per heavy atom. The Balaban J connectivity index is 2.61. The smallest absolute Gasteiger partial charge is 0.326 e. The van der Waals surface area contributed by atoms with E-state index in [2.05, 4.69) is 4.98 Å². The summed E-state index contributed by atoms with van der Waals surface area (Å²) in [7, 11) is 0. The number of nitrogens with two attached hydrogens (primary N) is 1. The maximum Gasteiger partial charge on any atom is 0.326 e. The third-order valence-electron chi connectivity index (χ3n) is 2.33. The highest BCUT2D eigenvalue weighted by Crippen LogP contribution is 2.20. The van der Waals surface area contributed by atoms with Crippen LogP contribution in [0.5, 0.6) is 0 Å². The summed E-state index contributed by atoms with van der Waals surface area (Å²) < 4.78 is 1.63. The summed E-state index contributed by atoms with van der Waals surface area (Å²) in [4.78, 5) is 14.4. The first-order valence-corrected chi connectivity index (χ1v) is 5.19. The summed E-state index contributed by atoms with van der Waals surface area (Å²) in [5.41, 5.74) is 6.82. The van der Waals surface area contributed by atoms with Crippen molar-refractivity contribution in [2.24, 2.45) is 5.73 Å². The normalized spacial score (nSPS) is 11.1. The number of aromatic amines is 1. The number of hydrogen-bond donors (Lipinski definition) is 2. The average Bonchev–Trinajstić information content (AvgIpc) is 2.53. The van der Waals surface area contributed by atoms with Crippen LogP contribution in [0.15, 0.2) is 23.0 Å². The number of hydrogen-bond acceptors (Lipinski definition) is 2. The molecule has 80 valence electrons. The molecule has 3 N–H and O–H groups in total. The quantitative estimate of drug-likeness (QED) is 0.828. The number of imidazole rings is 1. The maximum absolute atomic E-state index is 11.6. The van der Waals surface area contributed by atoms with Crippen molar-refractivity contribution in [3.05, 3.63) is 33.7 Å². The zero-order chi connectivity index (χ0) is 10.8. The van der Waals surface area contributed by atoms with Gasteiger partial charge in [-0.3, -0.25) is 4.57 Å². The molecule has 2 rings (SSSR count). The summed E-state index contributed by atoms with van der Waals surface area (Å²) in [5, 5.41) is 0.586. The largest absolute Gasteiger partial charge is 0.330 e. The predicted molar refractivity (Wildman–Crippen MR) is 61.2 cm³/mol. The van der Waals surface area contributed by atoms with Gasteiger partial charge in [-0.2, -0.15) is 0 Å². The van der Waals surface area contributed by atoms with Crippen molar-refractivity contribution in [2.45, 2.75) is 13.0 Å². The van der Waals surface area contributed by atoms with E-state index in [1.807, 2.05) is 12.1 Å². The Morgan fingerprint density at radius 2 is 2.27 bits per heavy atom. The molecule has 0 bridgehead atoms. The van der Waals surface area contributed by atoms with E-state index in [0.717, 1.165) is 17.5 Å². The second-order valence-electron chi connectivity index (χ2n) is 3.36. The zero-order valence-corrected chi connectivity index (χ0v) is 8.92. The minimum Gasteiger partial charge on any atom is -0.330 e. The molecule has 4 nitrogen and oxygen atoms in total. The van der Waals surface area contributed by atoms with Crippen molar-refractivity contribution in [1.29, 1.82) is 0 Å². The van der Waals surface area contributed by atoms with Crippen LogP contribution in [-0.2, 0) is 6.54 Å². The Hall–Kier alpha value is -1.26. The Kier molecular flexibility index (Phi) is 2.79. The average molecular weight is 226 g/mol. The second kappa shape index (κ2) is 4.08. The van der Waals surface area contributed by atoms with Crippen LogP contribution in [-0.4, -0.2) is 16.1 Å². The molecule has 1 aromatic carbocycles. The summed E-state index contributed by atoms with van der Waals surface area (Å²) in [6, 6.07) is 5.42. The van der Waals surface area contributed by atoms with Gasteiger partial charge in [-0.05, 0) is 25.1 Å². The van der Waals surface area contributed by atoms with Gasteiger partial charge in [0.1, 0.15) is 0 Å². The summed E-state index contributed by atoms with van der Waals surface area (Å²) in [5.74, 6) is 0. The van der Waals surface area contributed by atoms with Crippen molar-refractivity contribution < 1.29 is 0 Å². The number of halogens is 1. The van der Waals surface area contributed by atoms with E-state index in [1.54, 1.807) is 10.6 Å². The highest BCUT2D eigenvalue weighted by atomic mass is 35.5. The summed E-state index contributed by atoms with van der Waals surface area (Å²) in [6.07, 6.45) is 0.762. The van der Waals surface area contributed by atoms with Gasteiger partial charge in [0, 0.05) is 6.54 Å². The van der Waals surface area contributed by atoms with Gasteiger partial charge in [0.25, 0.3) is 0 Å². The number of nitrogens with one attached hydrogen (secondary N) is 1. The molecule has 0 atom stereocenters. The number of fused-ring (bicyclic) bond motifs is 1. The minimum atomic E-state index is -0.133. The fraction of sp³-hybridized carbons (Fsp3) is 0.300. The Labute approximate surface area is 91.7 Å². The fourth-order valence-corrected chi connectivity index (χ4v) is 1.91. The van der Waals surface area contributed by atoms with Crippen molar-refractivity contribution in [3.8, 4) is 0 Å². The summed E-state index contributed by atoms with van der Waals surface area (Å²) >= 11 is 6.04. The highest BCUT2D eigenvalue weighted by molar-refractivity contribution is 6.34. The topological polar surface area (TPSA) is 63.8 Å². The lowest BCUT2D eigenvalue weighted by molar-refractivity contribution is 0.647. The molecule has 0 amide bonds. The number of H-pyrrole nitrogens is 1. The molecule has 0 radical (unpaired) electrons.